The molecule has 0 spiro atoms. The maximum absolute atomic E-state index is 13.8. The largest absolute Gasteiger partial charge is 0.491 e. The Bertz CT molecular complexity index is 1020. The molecule has 0 saturated heterocycles. The number of nitrogens with one attached hydrogen (secondary N) is 2. The molecule has 2 heterocycles. The molecule has 32 heavy (non-hydrogen) atoms. The number of halogens is 1. The van der Waals surface area contributed by atoms with Crippen molar-refractivity contribution in [2.24, 2.45) is 11.7 Å². The summed E-state index contributed by atoms with van der Waals surface area (Å²) in [5.74, 6) is 1.27. The molecule has 1 saturated carbocycles. The lowest BCUT2D eigenvalue weighted by molar-refractivity contribution is 0.0997. The average Bonchev–Trinajstić information content (AvgIpc) is 3.12. The second-order valence-corrected chi connectivity index (χ2v) is 9.66. The van der Waals surface area contributed by atoms with Gasteiger partial charge in [-0.15, -0.1) is 0 Å². The van der Waals surface area contributed by atoms with Gasteiger partial charge in [-0.1, -0.05) is 12.5 Å². The van der Waals surface area contributed by atoms with E-state index in [2.05, 4.69) is 10.6 Å². The van der Waals surface area contributed by atoms with E-state index in [1.165, 1.54) is 25.3 Å². The number of rotatable bonds is 7. The number of ether oxygens (including phenoxy) is 1. The first-order valence-corrected chi connectivity index (χ1v) is 11.8. The molecule has 0 radical (unpaired) electrons. The minimum Gasteiger partial charge on any atom is -0.491 e. The van der Waals surface area contributed by atoms with Gasteiger partial charge < -0.3 is 21.1 Å². The number of carbonyl (C=O) groups excluding carboxylic acids is 1. The van der Waals surface area contributed by atoms with E-state index < -0.39 is 5.91 Å². The van der Waals surface area contributed by atoms with Crippen molar-refractivity contribution in [1.82, 2.24) is 5.32 Å². The Labute approximate surface area is 188 Å². The number of aryl methyl sites for hydroxylation is 1. The Kier molecular flexibility index (Phi) is 5.80. The van der Waals surface area contributed by atoms with Crippen LogP contribution in [0.25, 0.3) is 0 Å². The highest BCUT2D eigenvalue weighted by Gasteiger charge is 2.33. The van der Waals surface area contributed by atoms with Crippen LogP contribution >= 0.6 is 0 Å². The van der Waals surface area contributed by atoms with Crippen LogP contribution in [-0.4, -0.2) is 31.1 Å². The molecule has 1 aliphatic carbocycles. The molecule has 1 fully saturated rings. The lowest BCUT2D eigenvalue weighted by Gasteiger charge is -2.39. The standard InChI is InChI=1S/C26H32FN3O2/c1-15-5-8-20(26(28)31)22-12-19(14-32-25(15)22)30-23(16-3-2-4-16)9-6-17-13-29-24-10-7-18(27)11-21(17)24/h5,7-8,10-11,16-17,19,23,29-30H,2-4,6,9,12-14H2,1H3,(H2,28,31). The summed E-state index contributed by atoms with van der Waals surface area (Å²) in [7, 11) is 0. The van der Waals surface area contributed by atoms with Crippen LogP contribution in [0.4, 0.5) is 10.1 Å². The first-order chi connectivity index (χ1) is 15.5. The van der Waals surface area contributed by atoms with E-state index in [4.69, 9.17) is 10.5 Å². The summed E-state index contributed by atoms with van der Waals surface area (Å²) in [6.07, 6.45) is 6.61. The van der Waals surface area contributed by atoms with Crippen molar-refractivity contribution in [1.29, 1.82) is 0 Å². The lowest BCUT2D eigenvalue weighted by Crippen LogP contribution is -2.49. The summed E-state index contributed by atoms with van der Waals surface area (Å²) in [6.45, 7) is 3.47. The number of anilines is 1. The van der Waals surface area contributed by atoms with Crippen LogP contribution in [0.1, 0.15) is 65.1 Å². The predicted octanol–water partition coefficient (Wildman–Crippen LogP) is 4.28. The van der Waals surface area contributed by atoms with Gasteiger partial charge in [0.2, 0.25) is 5.91 Å². The SMILES string of the molecule is Cc1ccc(C(N)=O)c2c1OCC(NC(CCC1CNc3ccc(F)cc31)C1CCC1)C2. The van der Waals surface area contributed by atoms with E-state index in [0.29, 0.717) is 30.0 Å². The second-order valence-electron chi connectivity index (χ2n) is 9.66. The van der Waals surface area contributed by atoms with E-state index in [9.17, 15) is 9.18 Å². The molecule has 2 aromatic carbocycles. The number of primary amides is 1. The third kappa shape index (κ3) is 4.08. The number of hydrogen-bond acceptors (Lipinski definition) is 4. The molecule has 6 heteroatoms. The maximum Gasteiger partial charge on any atom is 0.249 e. The quantitative estimate of drug-likeness (QED) is 0.604. The molecule has 3 aliphatic rings. The van der Waals surface area contributed by atoms with Gasteiger partial charge in [0.15, 0.2) is 0 Å². The van der Waals surface area contributed by atoms with E-state index in [0.717, 1.165) is 53.9 Å². The van der Waals surface area contributed by atoms with Crippen LogP contribution in [0, 0.1) is 18.7 Å². The summed E-state index contributed by atoms with van der Waals surface area (Å²) in [6, 6.07) is 9.33. The van der Waals surface area contributed by atoms with Crippen molar-refractivity contribution in [3.63, 3.8) is 0 Å². The summed E-state index contributed by atoms with van der Waals surface area (Å²) in [5, 5.41) is 7.29. The summed E-state index contributed by atoms with van der Waals surface area (Å²) in [5.41, 5.74) is 10.3. The lowest BCUT2D eigenvalue weighted by atomic mass is 9.76. The van der Waals surface area contributed by atoms with Gasteiger partial charge in [0.05, 0.1) is 0 Å². The van der Waals surface area contributed by atoms with Gasteiger partial charge in [-0.2, -0.15) is 0 Å². The number of hydrogen-bond donors (Lipinski definition) is 3. The monoisotopic (exact) mass is 437 g/mol. The Morgan fingerprint density at radius 1 is 1.31 bits per heavy atom. The maximum atomic E-state index is 13.8. The Hall–Kier alpha value is -2.60. The van der Waals surface area contributed by atoms with Crippen molar-refractivity contribution in [2.45, 2.75) is 63.5 Å². The van der Waals surface area contributed by atoms with Crippen molar-refractivity contribution in [2.75, 3.05) is 18.5 Å². The first-order valence-electron chi connectivity index (χ1n) is 11.8. The zero-order chi connectivity index (χ0) is 22.2. The normalized spacial score (nSPS) is 22.8. The minimum atomic E-state index is -0.402. The van der Waals surface area contributed by atoms with E-state index in [-0.39, 0.29) is 11.9 Å². The van der Waals surface area contributed by atoms with Crippen LogP contribution in [0.5, 0.6) is 5.75 Å². The fourth-order valence-electron chi connectivity index (χ4n) is 5.59. The van der Waals surface area contributed by atoms with Crippen LogP contribution < -0.4 is 21.1 Å². The van der Waals surface area contributed by atoms with Gasteiger partial charge in [-0.05, 0) is 80.3 Å². The highest BCUT2D eigenvalue weighted by molar-refractivity contribution is 5.95. The molecule has 5 nitrogen and oxygen atoms in total. The molecule has 4 N–H and O–H groups in total. The first kappa shape index (κ1) is 21.3. The predicted molar refractivity (Wildman–Crippen MR) is 124 cm³/mol. The molecule has 2 aliphatic heterocycles. The van der Waals surface area contributed by atoms with Gasteiger partial charge in [0, 0.05) is 41.4 Å². The van der Waals surface area contributed by atoms with Crippen LogP contribution in [0.15, 0.2) is 30.3 Å². The Morgan fingerprint density at radius 2 is 2.16 bits per heavy atom. The van der Waals surface area contributed by atoms with E-state index in [1.807, 2.05) is 25.1 Å². The molecule has 3 atom stereocenters. The van der Waals surface area contributed by atoms with Crippen molar-refractivity contribution in [3.05, 3.63) is 58.4 Å². The van der Waals surface area contributed by atoms with Gasteiger partial charge in [0.1, 0.15) is 18.2 Å². The Morgan fingerprint density at radius 3 is 2.91 bits per heavy atom. The minimum absolute atomic E-state index is 0.152. The van der Waals surface area contributed by atoms with Crippen LogP contribution in [0.2, 0.25) is 0 Å². The topological polar surface area (TPSA) is 76.4 Å². The highest BCUT2D eigenvalue weighted by atomic mass is 19.1. The van der Waals surface area contributed by atoms with Gasteiger partial charge in [-0.25, -0.2) is 4.39 Å². The molecule has 170 valence electrons. The zero-order valence-corrected chi connectivity index (χ0v) is 18.6. The molecular weight excluding hydrogens is 405 g/mol. The van der Waals surface area contributed by atoms with Gasteiger partial charge in [-0.3, -0.25) is 4.79 Å². The van der Waals surface area contributed by atoms with Crippen molar-refractivity contribution >= 4 is 11.6 Å². The average molecular weight is 438 g/mol. The molecule has 0 aromatic heterocycles. The third-order valence-corrected chi connectivity index (χ3v) is 7.59. The second kappa shape index (κ2) is 8.74. The smallest absolute Gasteiger partial charge is 0.249 e. The Balaban J connectivity index is 1.28. The molecule has 2 aromatic rings. The fraction of sp³-hybridized carbons (Fsp3) is 0.500. The van der Waals surface area contributed by atoms with Crippen LogP contribution in [0.3, 0.4) is 0 Å². The number of fused-ring (bicyclic) bond motifs is 2. The molecule has 3 unspecified atom stereocenters. The summed E-state index contributed by atoms with van der Waals surface area (Å²) < 4.78 is 19.9. The number of carbonyl (C=O) groups is 1. The third-order valence-electron chi connectivity index (χ3n) is 7.59. The summed E-state index contributed by atoms with van der Waals surface area (Å²) in [4.78, 5) is 12.0. The number of benzene rings is 2. The highest BCUT2D eigenvalue weighted by Crippen LogP contribution is 2.38. The molecular formula is C26H32FN3O2. The molecule has 5 rings (SSSR count). The fourth-order valence-corrected chi connectivity index (χ4v) is 5.59. The van der Waals surface area contributed by atoms with E-state index >= 15 is 0 Å². The summed E-state index contributed by atoms with van der Waals surface area (Å²) >= 11 is 0. The van der Waals surface area contributed by atoms with Gasteiger partial charge >= 0.3 is 0 Å². The van der Waals surface area contributed by atoms with Gasteiger partial charge in [0.25, 0.3) is 0 Å². The zero-order valence-electron chi connectivity index (χ0n) is 18.6. The van der Waals surface area contributed by atoms with Crippen molar-refractivity contribution < 1.29 is 13.9 Å². The van der Waals surface area contributed by atoms with Crippen molar-refractivity contribution in [3.8, 4) is 5.75 Å². The molecule has 1 amide bonds. The molecule has 0 bridgehead atoms. The van der Waals surface area contributed by atoms with Crippen LogP contribution in [-0.2, 0) is 6.42 Å². The number of amides is 1. The van der Waals surface area contributed by atoms with E-state index in [1.54, 1.807) is 6.07 Å². The number of nitrogens with two attached hydrogens (primary N) is 1.